The molecule has 2 rings (SSSR count). The highest BCUT2D eigenvalue weighted by Gasteiger charge is 2.06. The Balaban J connectivity index is 1.94. The molecule has 0 aliphatic heterocycles. The molecule has 0 aliphatic carbocycles. The van der Waals surface area contributed by atoms with Gasteiger partial charge >= 0.3 is 0 Å². The Hall–Kier alpha value is -1.88. The fraction of sp³-hybridized carbons (Fsp3) is 0.231. The van der Waals surface area contributed by atoms with Crippen molar-refractivity contribution in [2.24, 2.45) is 0 Å². The van der Waals surface area contributed by atoms with Crippen LogP contribution in [0.1, 0.15) is 31.2 Å². The fourth-order valence-corrected chi connectivity index (χ4v) is 2.17. The summed E-state index contributed by atoms with van der Waals surface area (Å²) in [5, 5.41) is 5.29. The summed E-state index contributed by atoms with van der Waals surface area (Å²) in [6, 6.07) is 3.55. The molecule has 2 aromatic heterocycles. The molecule has 0 aromatic carbocycles. The van der Waals surface area contributed by atoms with E-state index < -0.39 is 0 Å². The third-order valence-corrected chi connectivity index (χ3v) is 3.06. The van der Waals surface area contributed by atoms with Crippen molar-refractivity contribution in [2.45, 2.75) is 19.8 Å². The minimum absolute atomic E-state index is 0.212. The van der Waals surface area contributed by atoms with Gasteiger partial charge in [0.25, 0.3) is 0 Å². The molecule has 2 heterocycles. The molecule has 0 atom stereocenters. The van der Waals surface area contributed by atoms with Crippen molar-refractivity contribution in [1.29, 1.82) is 0 Å². The number of hydrogen-bond acceptors (Lipinski definition) is 4. The van der Waals surface area contributed by atoms with Gasteiger partial charge in [-0.1, -0.05) is 13.8 Å². The monoisotopic (exact) mass is 262 g/mol. The first-order chi connectivity index (χ1) is 8.65. The van der Waals surface area contributed by atoms with Crippen molar-refractivity contribution in [2.75, 3.05) is 5.32 Å². The molecule has 0 unspecified atom stereocenters. The van der Waals surface area contributed by atoms with Gasteiger partial charge in [0.2, 0.25) is 5.91 Å². The zero-order valence-corrected chi connectivity index (χ0v) is 11.0. The van der Waals surface area contributed by atoms with E-state index in [0.717, 1.165) is 5.69 Å². The van der Waals surface area contributed by atoms with E-state index in [-0.39, 0.29) is 5.91 Å². The number of aromatic nitrogens is 1. The van der Waals surface area contributed by atoms with E-state index in [2.05, 4.69) is 24.1 Å². The second kappa shape index (κ2) is 5.64. The first-order valence-corrected chi connectivity index (χ1v) is 6.51. The highest BCUT2D eigenvalue weighted by Crippen LogP contribution is 2.21. The van der Waals surface area contributed by atoms with Crippen LogP contribution in [-0.4, -0.2) is 10.9 Å². The second-order valence-electron chi connectivity index (χ2n) is 4.07. The van der Waals surface area contributed by atoms with Crippen LogP contribution in [0.5, 0.6) is 0 Å². The van der Waals surface area contributed by atoms with Crippen molar-refractivity contribution in [3.8, 4) is 0 Å². The van der Waals surface area contributed by atoms with Crippen LogP contribution in [0.3, 0.4) is 0 Å². The third-order valence-electron chi connectivity index (χ3n) is 2.29. The average Bonchev–Trinajstić information content (AvgIpc) is 2.96. The van der Waals surface area contributed by atoms with Crippen molar-refractivity contribution < 1.29 is 9.21 Å². The molecule has 1 amide bonds. The Bertz CT molecular complexity index is 541. The lowest BCUT2D eigenvalue weighted by Gasteiger charge is -1.98. The van der Waals surface area contributed by atoms with Gasteiger partial charge in [0.05, 0.1) is 12.0 Å². The molecule has 0 spiro atoms. The Morgan fingerprint density at radius 1 is 1.56 bits per heavy atom. The topological polar surface area (TPSA) is 55.1 Å². The van der Waals surface area contributed by atoms with Gasteiger partial charge in [-0.25, -0.2) is 4.98 Å². The predicted molar refractivity (Wildman–Crippen MR) is 72.6 cm³/mol. The number of rotatable bonds is 4. The Morgan fingerprint density at radius 3 is 3.00 bits per heavy atom. The summed E-state index contributed by atoms with van der Waals surface area (Å²) in [4.78, 5) is 15.9. The second-order valence-corrected chi connectivity index (χ2v) is 4.93. The number of nitrogens with one attached hydrogen (secondary N) is 1. The Morgan fingerprint density at radius 2 is 2.39 bits per heavy atom. The van der Waals surface area contributed by atoms with Gasteiger partial charge in [-0.05, 0) is 24.1 Å². The van der Waals surface area contributed by atoms with Crippen LogP contribution in [0.4, 0.5) is 5.13 Å². The quantitative estimate of drug-likeness (QED) is 0.858. The predicted octanol–water partition coefficient (Wildman–Crippen LogP) is 3.51. The molecule has 5 heteroatoms. The highest BCUT2D eigenvalue weighted by molar-refractivity contribution is 7.14. The number of nitrogens with zero attached hydrogens (tertiary/aromatic N) is 1. The molecule has 0 saturated heterocycles. The van der Waals surface area contributed by atoms with Gasteiger partial charge in [0.15, 0.2) is 5.13 Å². The number of furan rings is 1. The van der Waals surface area contributed by atoms with E-state index in [1.54, 1.807) is 24.5 Å². The van der Waals surface area contributed by atoms with E-state index in [1.807, 2.05) is 5.38 Å². The smallest absolute Gasteiger partial charge is 0.250 e. The van der Waals surface area contributed by atoms with Gasteiger partial charge in [0, 0.05) is 11.5 Å². The Kier molecular flexibility index (Phi) is 3.94. The van der Waals surface area contributed by atoms with E-state index in [1.165, 1.54) is 17.4 Å². The largest absolute Gasteiger partial charge is 0.465 e. The zero-order valence-electron chi connectivity index (χ0n) is 10.2. The maximum atomic E-state index is 11.6. The van der Waals surface area contributed by atoms with Crippen LogP contribution in [0.2, 0.25) is 0 Å². The SMILES string of the molecule is CC(C)c1csc(NC(=O)/C=C/c2ccco2)n1. The fourth-order valence-electron chi connectivity index (χ4n) is 1.30. The lowest BCUT2D eigenvalue weighted by atomic mass is 10.2. The molecule has 0 saturated carbocycles. The molecule has 0 aliphatic rings. The van der Waals surface area contributed by atoms with Gasteiger partial charge in [-0.15, -0.1) is 11.3 Å². The number of carbonyl (C=O) groups is 1. The number of carbonyl (C=O) groups excluding carboxylic acids is 1. The normalized spacial score (nSPS) is 11.3. The summed E-state index contributed by atoms with van der Waals surface area (Å²) in [5.41, 5.74) is 0.991. The maximum absolute atomic E-state index is 11.6. The lowest BCUT2D eigenvalue weighted by Crippen LogP contribution is -2.07. The average molecular weight is 262 g/mol. The third kappa shape index (κ3) is 3.30. The molecule has 2 aromatic rings. The number of hydrogen-bond donors (Lipinski definition) is 1. The molecule has 1 N–H and O–H groups in total. The minimum Gasteiger partial charge on any atom is -0.465 e. The maximum Gasteiger partial charge on any atom is 0.250 e. The molecule has 4 nitrogen and oxygen atoms in total. The number of amides is 1. The molecule has 0 bridgehead atoms. The van der Waals surface area contributed by atoms with Gasteiger partial charge in [0.1, 0.15) is 5.76 Å². The minimum atomic E-state index is -0.212. The molecule has 0 radical (unpaired) electrons. The van der Waals surface area contributed by atoms with Crippen molar-refractivity contribution in [1.82, 2.24) is 4.98 Å². The lowest BCUT2D eigenvalue weighted by molar-refractivity contribution is -0.111. The van der Waals surface area contributed by atoms with E-state index in [9.17, 15) is 4.79 Å². The molecule has 94 valence electrons. The molecule has 18 heavy (non-hydrogen) atoms. The summed E-state index contributed by atoms with van der Waals surface area (Å²) in [6.07, 6.45) is 4.61. The van der Waals surface area contributed by atoms with Gasteiger partial charge in [-0.2, -0.15) is 0 Å². The van der Waals surface area contributed by atoms with Crippen LogP contribution >= 0.6 is 11.3 Å². The van der Waals surface area contributed by atoms with Crippen molar-refractivity contribution in [3.05, 3.63) is 41.3 Å². The van der Waals surface area contributed by atoms with Crippen LogP contribution in [-0.2, 0) is 4.79 Å². The van der Waals surface area contributed by atoms with E-state index in [0.29, 0.717) is 16.8 Å². The summed E-state index contributed by atoms with van der Waals surface area (Å²) in [5.74, 6) is 0.800. The molecular weight excluding hydrogens is 248 g/mol. The highest BCUT2D eigenvalue weighted by atomic mass is 32.1. The molecular formula is C13H14N2O2S. The summed E-state index contributed by atoms with van der Waals surface area (Å²) in [7, 11) is 0. The zero-order chi connectivity index (χ0) is 13.0. The van der Waals surface area contributed by atoms with Gasteiger partial charge < -0.3 is 4.42 Å². The first kappa shape index (κ1) is 12.6. The summed E-state index contributed by atoms with van der Waals surface area (Å²) >= 11 is 1.43. The summed E-state index contributed by atoms with van der Waals surface area (Å²) in [6.45, 7) is 4.13. The van der Waals surface area contributed by atoms with Gasteiger partial charge in [-0.3, -0.25) is 10.1 Å². The standard InChI is InChI=1S/C13H14N2O2S/c1-9(2)11-8-18-13(14-11)15-12(16)6-5-10-4-3-7-17-10/h3-9H,1-2H3,(H,14,15,16)/b6-5+. The first-order valence-electron chi connectivity index (χ1n) is 5.63. The van der Waals surface area contributed by atoms with Crippen LogP contribution in [0.15, 0.2) is 34.3 Å². The van der Waals surface area contributed by atoms with Crippen molar-refractivity contribution in [3.63, 3.8) is 0 Å². The summed E-state index contributed by atoms with van der Waals surface area (Å²) < 4.78 is 5.09. The number of thiazole rings is 1. The number of anilines is 1. The molecule has 0 fully saturated rings. The van der Waals surface area contributed by atoms with Crippen LogP contribution < -0.4 is 5.32 Å². The van der Waals surface area contributed by atoms with Crippen LogP contribution in [0, 0.1) is 0 Å². The van der Waals surface area contributed by atoms with Crippen LogP contribution in [0.25, 0.3) is 6.08 Å². The van der Waals surface area contributed by atoms with Crippen molar-refractivity contribution >= 4 is 28.5 Å². The van der Waals surface area contributed by atoms with E-state index in [4.69, 9.17) is 4.42 Å². The Labute approximate surface area is 109 Å². The van der Waals surface area contributed by atoms with E-state index >= 15 is 0 Å².